The van der Waals surface area contributed by atoms with Crippen LogP contribution in [0, 0.1) is 0 Å². The van der Waals surface area contributed by atoms with Gasteiger partial charge < -0.3 is 4.43 Å². The summed E-state index contributed by atoms with van der Waals surface area (Å²) in [4.78, 5) is 0. The van der Waals surface area contributed by atoms with E-state index in [9.17, 15) is 21.6 Å². The van der Waals surface area contributed by atoms with Crippen LogP contribution in [-0.2, 0) is 14.3 Å². The van der Waals surface area contributed by atoms with Gasteiger partial charge in [-0.1, -0.05) is 20.8 Å². The van der Waals surface area contributed by atoms with E-state index in [1.807, 2.05) is 33.9 Å². The topological polar surface area (TPSA) is 43.4 Å². The summed E-state index contributed by atoms with van der Waals surface area (Å²) < 4.78 is 63.4. The van der Waals surface area contributed by atoms with Crippen molar-refractivity contribution in [2.75, 3.05) is 12.4 Å². The van der Waals surface area contributed by atoms with E-state index in [0.29, 0.717) is 0 Å². The molecule has 0 amide bonds. The largest absolute Gasteiger partial charge is 0.497 e. The lowest BCUT2D eigenvalue weighted by atomic mass is 10.2. The Hall–Kier alpha value is -0.0831. The smallest absolute Gasteiger partial charge is 0.417 e. The highest BCUT2D eigenvalue weighted by atomic mass is 32.2. The molecule has 0 rings (SSSR count). The predicted octanol–water partition coefficient (Wildman–Crippen LogP) is 3.33. The molecule has 0 aromatic carbocycles. The molecule has 0 fully saturated rings. The van der Waals surface area contributed by atoms with Crippen LogP contribution in [0.15, 0.2) is 0 Å². The maximum Gasteiger partial charge on any atom is 0.497 e. The van der Waals surface area contributed by atoms with Crippen LogP contribution >= 0.6 is 0 Å². The molecule has 0 aliphatic rings. The fourth-order valence-corrected chi connectivity index (χ4v) is 2.73. The normalized spacial score (nSPS) is 14.9. The lowest BCUT2D eigenvalue weighted by Crippen LogP contribution is -2.41. The second-order valence-electron chi connectivity index (χ2n) is 5.73. The van der Waals surface area contributed by atoms with E-state index in [0.717, 1.165) is 0 Å². The van der Waals surface area contributed by atoms with Crippen molar-refractivity contribution in [1.29, 1.82) is 0 Å². The Morgan fingerprint density at radius 2 is 1.56 bits per heavy atom. The summed E-state index contributed by atoms with van der Waals surface area (Å²) in [5, 5.41) is -0.0457. The summed E-state index contributed by atoms with van der Waals surface area (Å²) in [7, 11) is -7.04. The predicted molar refractivity (Wildman–Crippen MR) is 67.6 cm³/mol. The molecule has 0 radical (unpaired) electrons. The molecule has 0 aliphatic heterocycles. The van der Waals surface area contributed by atoms with Gasteiger partial charge in [0, 0.05) is 6.61 Å². The minimum absolute atomic E-state index is 0.0457. The summed E-state index contributed by atoms with van der Waals surface area (Å²) in [6, 6.07) is 0. The van der Waals surface area contributed by atoms with Crippen molar-refractivity contribution in [2.45, 2.75) is 50.8 Å². The molecule has 0 heterocycles. The lowest BCUT2D eigenvalue weighted by molar-refractivity contribution is -0.0436. The van der Waals surface area contributed by atoms with E-state index in [1.54, 1.807) is 0 Å². The van der Waals surface area contributed by atoms with Gasteiger partial charge in [0.2, 0.25) is 9.84 Å². The molecule has 18 heavy (non-hydrogen) atoms. The number of halogens is 3. The highest BCUT2D eigenvalue weighted by Crippen LogP contribution is 2.36. The molecule has 0 aromatic heterocycles. The zero-order valence-corrected chi connectivity index (χ0v) is 13.2. The Kier molecular flexibility index (Phi) is 5.47. The first-order valence-electron chi connectivity index (χ1n) is 5.64. The molecular weight excluding hydrogens is 285 g/mol. The van der Waals surface area contributed by atoms with Crippen molar-refractivity contribution in [3.63, 3.8) is 0 Å². The molecule has 0 aromatic rings. The number of hydrogen-bond donors (Lipinski definition) is 0. The van der Waals surface area contributed by atoms with Crippen LogP contribution in [-0.4, -0.2) is 34.6 Å². The first kappa shape index (κ1) is 17.9. The van der Waals surface area contributed by atoms with Gasteiger partial charge in [-0.15, -0.1) is 0 Å². The molecule has 8 heteroatoms. The summed E-state index contributed by atoms with van der Waals surface area (Å²) in [6.07, 6.45) is -0.131. The van der Waals surface area contributed by atoms with Crippen molar-refractivity contribution >= 4 is 18.2 Å². The minimum Gasteiger partial charge on any atom is -0.417 e. The minimum atomic E-state index is -5.16. The molecule has 110 valence electrons. The van der Waals surface area contributed by atoms with Gasteiger partial charge in [0.25, 0.3) is 0 Å². The van der Waals surface area contributed by atoms with Gasteiger partial charge in [0.15, 0.2) is 8.32 Å². The standard InChI is InChI=1S/C10H21F3O3SSi/c1-9(2,3)18(4,5)16-7-6-8-17(14,15)10(11,12)13/h6-8H2,1-5H3. The van der Waals surface area contributed by atoms with E-state index in [1.165, 1.54) is 0 Å². The Morgan fingerprint density at radius 3 is 1.89 bits per heavy atom. The van der Waals surface area contributed by atoms with Crippen LogP contribution in [0.25, 0.3) is 0 Å². The van der Waals surface area contributed by atoms with Crippen molar-refractivity contribution < 1.29 is 26.0 Å². The van der Waals surface area contributed by atoms with Gasteiger partial charge in [-0.2, -0.15) is 13.2 Å². The van der Waals surface area contributed by atoms with Gasteiger partial charge in [0.1, 0.15) is 0 Å². The summed E-state index contributed by atoms with van der Waals surface area (Å²) in [5.74, 6) is -0.912. The van der Waals surface area contributed by atoms with Crippen molar-refractivity contribution in [2.24, 2.45) is 0 Å². The average molecular weight is 306 g/mol. The molecule has 0 N–H and O–H groups in total. The highest BCUT2D eigenvalue weighted by molar-refractivity contribution is 7.92. The SMILES string of the molecule is CC(C)(C)[Si](C)(C)OCCCS(=O)(=O)C(F)(F)F. The quantitative estimate of drug-likeness (QED) is 0.578. The van der Waals surface area contributed by atoms with Crippen LogP contribution < -0.4 is 0 Å². The molecule has 0 aliphatic carbocycles. The monoisotopic (exact) mass is 306 g/mol. The maximum absolute atomic E-state index is 12.1. The van der Waals surface area contributed by atoms with Crippen LogP contribution in [0.5, 0.6) is 0 Å². The first-order valence-corrected chi connectivity index (χ1v) is 10.2. The van der Waals surface area contributed by atoms with E-state index in [2.05, 4.69) is 0 Å². The summed E-state index contributed by atoms with van der Waals surface area (Å²) in [6.45, 7) is 9.99. The molecule has 0 bridgehead atoms. The number of sulfone groups is 1. The van der Waals surface area contributed by atoms with Crippen molar-refractivity contribution in [3.05, 3.63) is 0 Å². The number of hydrogen-bond acceptors (Lipinski definition) is 3. The van der Waals surface area contributed by atoms with Gasteiger partial charge in [-0.05, 0) is 24.6 Å². The zero-order chi connectivity index (χ0) is 14.8. The Balaban J connectivity index is 4.26. The van der Waals surface area contributed by atoms with Crippen molar-refractivity contribution in [1.82, 2.24) is 0 Å². The maximum atomic E-state index is 12.1. The number of alkyl halides is 3. The molecule has 0 saturated heterocycles. The van der Waals surface area contributed by atoms with Crippen LogP contribution in [0.2, 0.25) is 18.1 Å². The fraction of sp³-hybridized carbons (Fsp3) is 1.00. The van der Waals surface area contributed by atoms with Gasteiger partial charge in [0.05, 0.1) is 5.75 Å². The van der Waals surface area contributed by atoms with Crippen LogP contribution in [0.4, 0.5) is 13.2 Å². The molecule has 0 saturated carbocycles. The third-order valence-corrected chi connectivity index (χ3v) is 9.25. The second kappa shape index (κ2) is 5.50. The van der Waals surface area contributed by atoms with Crippen LogP contribution in [0.1, 0.15) is 27.2 Å². The summed E-state index contributed by atoms with van der Waals surface area (Å²) in [5.41, 5.74) is -5.16. The third-order valence-electron chi connectivity index (χ3n) is 3.18. The Bertz CT molecular complexity index is 369. The second-order valence-corrected chi connectivity index (χ2v) is 12.6. The molecule has 0 unspecified atom stereocenters. The van der Waals surface area contributed by atoms with Gasteiger partial charge >= 0.3 is 5.51 Å². The highest BCUT2D eigenvalue weighted by Gasteiger charge is 2.45. The molecule has 0 atom stereocenters. The lowest BCUT2D eigenvalue weighted by Gasteiger charge is -2.36. The molecule has 0 spiro atoms. The van der Waals surface area contributed by atoms with E-state index >= 15 is 0 Å². The van der Waals surface area contributed by atoms with Gasteiger partial charge in [-0.25, -0.2) is 8.42 Å². The first-order chi connectivity index (χ1) is 7.71. The third kappa shape index (κ3) is 4.89. The zero-order valence-electron chi connectivity index (χ0n) is 11.4. The molecular formula is C10H21F3O3SSi. The van der Waals surface area contributed by atoms with Gasteiger partial charge in [-0.3, -0.25) is 0 Å². The molecule has 3 nitrogen and oxygen atoms in total. The number of rotatable bonds is 5. The van der Waals surface area contributed by atoms with Crippen molar-refractivity contribution in [3.8, 4) is 0 Å². The van der Waals surface area contributed by atoms with E-state index in [-0.39, 0.29) is 18.1 Å². The Labute approximate surface area is 108 Å². The fourth-order valence-electron chi connectivity index (χ4n) is 0.909. The van der Waals surface area contributed by atoms with E-state index in [4.69, 9.17) is 4.43 Å². The average Bonchev–Trinajstić information content (AvgIpc) is 2.08. The summed E-state index contributed by atoms with van der Waals surface area (Å²) >= 11 is 0. The van der Waals surface area contributed by atoms with Crippen LogP contribution in [0.3, 0.4) is 0 Å². The Morgan fingerprint density at radius 1 is 1.11 bits per heavy atom. The van der Waals surface area contributed by atoms with E-state index < -0.39 is 29.4 Å².